The number of rotatable bonds is 7. The molecule has 4 nitrogen and oxygen atoms in total. The number of benzene rings is 1. The molecule has 0 bridgehead atoms. The van der Waals surface area contributed by atoms with Gasteiger partial charge in [0.2, 0.25) is 5.91 Å². The van der Waals surface area contributed by atoms with Gasteiger partial charge in [-0.2, -0.15) is 0 Å². The van der Waals surface area contributed by atoms with Gasteiger partial charge in [0.15, 0.2) is 0 Å². The van der Waals surface area contributed by atoms with Crippen LogP contribution in [0.2, 0.25) is 0 Å². The summed E-state index contributed by atoms with van der Waals surface area (Å²) in [6.45, 7) is 0.909. The molecule has 0 aliphatic carbocycles. The number of carbonyl (C=O) groups excluding carboxylic acids is 1. The van der Waals surface area contributed by atoms with E-state index in [0.717, 1.165) is 6.42 Å². The summed E-state index contributed by atoms with van der Waals surface area (Å²) in [5.41, 5.74) is 1.26. The van der Waals surface area contributed by atoms with Crippen molar-refractivity contribution in [2.45, 2.75) is 6.42 Å². The van der Waals surface area contributed by atoms with Crippen molar-refractivity contribution in [1.82, 2.24) is 4.90 Å². The van der Waals surface area contributed by atoms with E-state index in [4.69, 9.17) is 9.84 Å². The van der Waals surface area contributed by atoms with Crippen LogP contribution in [0.5, 0.6) is 0 Å². The summed E-state index contributed by atoms with van der Waals surface area (Å²) in [5.74, 6) is -0.103. The quantitative estimate of drug-likeness (QED) is 0.793. The van der Waals surface area contributed by atoms with Crippen LogP contribution in [-0.2, 0) is 16.0 Å². The van der Waals surface area contributed by atoms with Crippen molar-refractivity contribution in [3.63, 3.8) is 0 Å². The number of hydrogen-bond donors (Lipinski definition) is 1. The topological polar surface area (TPSA) is 49.8 Å². The largest absolute Gasteiger partial charge is 0.395 e. The van der Waals surface area contributed by atoms with Crippen LogP contribution in [0.3, 0.4) is 0 Å². The molecule has 1 heterocycles. The molecule has 20 heavy (non-hydrogen) atoms. The molecule has 0 saturated heterocycles. The summed E-state index contributed by atoms with van der Waals surface area (Å²) in [6, 6.07) is 8.35. The Bertz CT molecular complexity index is 567. The lowest BCUT2D eigenvalue weighted by Gasteiger charge is -2.15. The van der Waals surface area contributed by atoms with Crippen molar-refractivity contribution in [3.05, 3.63) is 35.2 Å². The lowest BCUT2D eigenvalue weighted by Crippen LogP contribution is -2.32. The maximum atomic E-state index is 11.6. The summed E-state index contributed by atoms with van der Waals surface area (Å²) in [4.78, 5) is 13.1. The van der Waals surface area contributed by atoms with Gasteiger partial charge in [0, 0.05) is 18.3 Å². The Kier molecular flexibility index (Phi) is 5.52. The lowest BCUT2D eigenvalue weighted by atomic mass is 10.1. The van der Waals surface area contributed by atoms with Crippen LogP contribution in [0.4, 0.5) is 0 Å². The van der Waals surface area contributed by atoms with Gasteiger partial charge in [-0.1, -0.05) is 18.2 Å². The van der Waals surface area contributed by atoms with Gasteiger partial charge in [-0.25, -0.2) is 0 Å². The van der Waals surface area contributed by atoms with Gasteiger partial charge < -0.3 is 14.7 Å². The minimum atomic E-state index is -0.103. The highest BCUT2D eigenvalue weighted by molar-refractivity contribution is 7.17. The normalized spacial score (nSPS) is 10.9. The predicted molar refractivity (Wildman–Crippen MR) is 81.1 cm³/mol. The summed E-state index contributed by atoms with van der Waals surface area (Å²) < 4.78 is 6.72. The van der Waals surface area contributed by atoms with Crippen molar-refractivity contribution in [2.24, 2.45) is 0 Å². The Hall–Kier alpha value is -1.43. The van der Waals surface area contributed by atoms with Gasteiger partial charge in [0.25, 0.3) is 0 Å². The fraction of sp³-hybridized carbons (Fsp3) is 0.400. The van der Waals surface area contributed by atoms with E-state index in [-0.39, 0.29) is 19.1 Å². The highest BCUT2D eigenvalue weighted by Crippen LogP contribution is 2.24. The molecule has 0 radical (unpaired) electrons. The minimum Gasteiger partial charge on any atom is -0.395 e. The van der Waals surface area contributed by atoms with Crippen LogP contribution < -0.4 is 0 Å². The maximum absolute atomic E-state index is 11.6. The lowest BCUT2D eigenvalue weighted by molar-refractivity contribution is -0.135. The summed E-state index contributed by atoms with van der Waals surface area (Å²) in [7, 11) is 1.66. The van der Waals surface area contributed by atoms with E-state index in [0.29, 0.717) is 13.2 Å². The molecule has 1 aromatic carbocycles. The average molecular weight is 293 g/mol. The van der Waals surface area contributed by atoms with Gasteiger partial charge in [0.1, 0.15) is 6.61 Å². The van der Waals surface area contributed by atoms with E-state index in [1.54, 1.807) is 18.4 Å². The molecule has 0 aliphatic rings. The Labute approximate surface area is 122 Å². The number of aliphatic hydroxyl groups excluding tert-OH is 1. The fourth-order valence-electron chi connectivity index (χ4n) is 1.98. The smallest absolute Gasteiger partial charge is 0.248 e. The number of nitrogens with zero attached hydrogens (tertiary/aromatic N) is 1. The van der Waals surface area contributed by atoms with Gasteiger partial charge in [-0.05, 0) is 28.8 Å². The Morgan fingerprint density at radius 2 is 2.25 bits per heavy atom. The number of hydrogen-bond acceptors (Lipinski definition) is 4. The van der Waals surface area contributed by atoms with Gasteiger partial charge in [0.05, 0.1) is 13.2 Å². The maximum Gasteiger partial charge on any atom is 0.248 e. The predicted octanol–water partition coefficient (Wildman–Crippen LogP) is 1.91. The van der Waals surface area contributed by atoms with E-state index >= 15 is 0 Å². The molecule has 0 fully saturated rings. The van der Waals surface area contributed by atoms with Gasteiger partial charge >= 0.3 is 0 Å². The monoisotopic (exact) mass is 293 g/mol. The number of amides is 1. The number of carbonyl (C=O) groups is 1. The highest BCUT2D eigenvalue weighted by atomic mass is 32.1. The Morgan fingerprint density at radius 1 is 1.40 bits per heavy atom. The van der Waals surface area contributed by atoms with E-state index in [2.05, 4.69) is 23.6 Å². The first-order valence-electron chi connectivity index (χ1n) is 6.60. The van der Waals surface area contributed by atoms with Crippen LogP contribution in [0.25, 0.3) is 10.1 Å². The molecule has 0 saturated carbocycles. The van der Waals surface area contributed by atoms with Gasteiger partial charge in [-0.3, -0.25) is 4.79 Å². The number of thiophene rings is 1. The second-order valence-corrected chi connectivity index (χ2v) is 5.51. The number of aliphatic hydroxyl groups is 1. The van der Waals surface area contributed by atoms with Crippen molar-refractivity contribution in [2.75, 3.05) is 33.4 Å². The molecule has 0 unspecified atom stereocenters. The third kappa shape index (κ3) is 3.79. The molecule has 1 aromatic heterocycles. The molecule has 108 valence electrons. The summed E-state index contributed by atoms with van der Waals surface area (Å²) in [5, 5.41) is 12.1. The second-order valence-electron chi connectivity index (χ2n) is 4.60. The van der Waals surface area contributed by atoms with Crippen LogP contribution in [0.15, 0.2) is 29.6 Å². The van der Waals surface area contributed by atoms with Crippen molar-refractivity contribution in [1.29, 1.82) is 0 Å². The first-order valence-corrected chi connectivity index (χ1v) is 7.48. The third-order valence-electron chi connectivity index (χ3n) is 3.16. The van der Waals surface area contributed by atoms with Crippen LogP contribution >= 0.6 is 11.3 Å². The molecular formula is C15H19NO3S. The first-order chi connectivity index (χ1) is 9.72. The molecule has 5 heteroatoms. The highest BCUT2D eigenvalue weighted by Gasteiger charge is 2.08. The Balaban J connectivity index is 1.79. The summed E-state index contributed by atoms with van der Waals surface area (Å²) >= 11 is 1.73. The minimum absolute atomic E-state index is 0.0252. The van der Waals surface area contributed by atoms with Crippen LogP contribution in [0.1, 0.15) is 5.56 Å². The van der Waals surface area contributed by atoms with Gasteiger partial charge in [-0.15, -0.1) is 11.3 Å². The second kappa shape index (κ2) is 7.38. The van der Waals surface area contributed by atoms with E-state index in [1.165, 1.54) is 20.5 Å². The molecule has 1 amide bonds. The molecule has 2 aromatic rings. The average Bonchev–Trinajstić information content (AvgIpc) is 2.92. The zero-order valence-electron chi connectivity index (χ0n) is 11.5. The van der Waals surface area contributed by atoms with Crippen molar-refractivity contribution >= 4 is 27.3 Å². The van der Waals surface area contributed by atoms with Crippen LogP contribution in [0, 0.1) is 0 Å². The molecule has 2 rings (SSSR count). The van der Waals surface area contributed by atoms with Crippen molar-refractivity contribution in [3.8, 4) is 0 Å². The van der Waals surface area contributed by atoms with Crippen LogP contribution in [-0.4, -0.2) is 49.3 Å². The number of ether oxygens (including phenoxy) is 1. The zero-order chi connectivity index (χ0) is 14.4. The number of fused-ring (bicyclic) bond motifs is 1. The molecule has 0 aliphatic heterocycles. The summed E-state index contributed by atoms with van der Waals surface area (Å²) in [6.07, 6.45) is 0.800. The standard InChI is InChI=1S/C15H19NO3S/c1-16(7-8-17)14(18)11-19-9-5-12-3-2-4-13-6-10-20-15(12)13/h2-4,6,10,17H,5,7-9,11H2,1H3. The number of likely N-dealkylation sites (N-methyl/N-ethyl adjacent to an activating group) is 1. The molecule has 0 spiro atoms. The molecule has 1 N–H and O–H groups in total. The molecular weight excluding hydrogens is 274 g/mol. The first kappa shape index (κ1) is 15.0. The zero-order valence-corrected chi connectivity index (χ0v) is 12.4. The van der Waals surface area contributed by atoms with E-state index in [1.807, 2.05) is 6.07 Å². The SMILES string of the molecule is CN(CCO)C(=O)COCCc1cccc2ccsc12. The van der Waals surface area contributed by atoms with Crippen molar-refractivity contribution < 1.29 is 14.6 Å². The third-order valence-corrected chi connectivity index (χ3v) is 4.17. The van der Waals surface area contributed by atoms with E-state index in [9.17, 15) is 4.79 Å². The fourth-order valence-corrected chi connectivity index (χ4v) is 2.92. The Morgan fingerprint density at radius 3 is 3.05 bits per heavy atom. The van der Waals surface area contributed by atoms with E-state index < -0.39 is 0 Å². The molecule has 0 atom stereocenters.